The summed E-state index contributed by atoms with van der Waals surface area (Å²) in [6.07, 6.45) is 1.72. The van der Waals surface area contributed by atoms with Crippen LogP contribution in [0.1, 0.15) is 30.8 Å². The SMILES string of the molecule is CCc1cc2c(ccc(=O)n2Cc2ccc(-c3ccsc3)cc2)c(CC)n1. The van der Waals surface area contributed by atoms with E-state index in [4.69, 9.17) is 4.98 Å². The molecule has 0 amide bonds. The first-order valence-electron chi connectivity index (χ1n) is 9.33. The summed E-state index contributed by atoms with van der Waals surface area (Å²) >= 11 is 1.70. The Hall–Kier alpha value is -2.72. The van der Waals surface area contributed by atoms with E-state index in [1.165, 1.54) is 11.1 Å². The third kappa shape index (κ3) is 3.45. The Balaban J connectivity index is 1.77. The molecule has 0 bridgehead atoms. The molecule has 0 unspecified atom stereocenters. The number of aromatic nitrogens is 2. The van der Waals surface area contributed by atoms with E-state index in [0.29, 0.717) is 6.54 Å². The fraction of sp³-hybridized carbons (Fsp3) is 0.217. The maximum absolute atomic E-state index is 12.6. The summed E-state index contributed by atoms with van der Waals surface area (Å²) in [4.78, 5) is 17.4. The predicted octanol–water partition coefficient (Wildman–Crippen LogP) is 5.30. The van der Waals surface area contributed by atoms with Crippen molar-refractivity contribution < 1.29 is 0 Å². The van der Waals surface area contributed by atoms with Crippen molar-refractivity contribution in [3.05, 3.63) is 86.6 Å². The van der Waals surface area contributed by atoms with Gasteiger partial charge in [0.05, 0.1) is 12.1 Å². The molecule has 136 valence electrons. The predicted molar refractivity (Wildman–Crippen MR) is 114 cm³/mol. The number of nitrogens with zero attached hydrogens (tertiary/aromatic N) is 2. The molecule has 27 heavy (non-hydrogen) atoms. The number of hydrogen-bond donors (Lipinski definition) is 0. The van der Waals surface area contributed by atoms with Gasteiger partial charge in [0.2, 0.25) is 0 Å². The van der Waals surface area contributed by atoms with E-state index in [1.807, 2.05) is 10.6 Å². The fourth-order valence-electron chi connectivity index (χ4n) is 3.45. The maximum atomic E-state index is 12.6. The van der Waals surface area contributed by atoms with Gasteiger partial charge in [-0.2, -0.15) is 11.3 Å². The van der Waals surface area contributed by atoms with Crippen LogP contribution in [0.15, 0.2) is 64.1 Å². The highest BCUT2D eigenvalue weighted by molar-refractivity contribution is 7.08. The van der Waals surface area contributed by atoms with Crippen LogP contribution in [0.4, 0.5) is 0 Å². The topological polar surface area (TPSA) is 34.9 Å². The number of aryl methyl sites for hydroxylation is 2. The van der Waals surface area contributed by atoms with Crippen LogP contribution in [0.3, 0.4) is 0 Å². The molecule has 0 radical (unpaired) electrons. The van der Waals surface area contributed by atoms with Gasteiger partial charge in [-0.05, 0) is 58.5 Å². The lowest BCUT2D eigenvalue weighted by molar-refractivity contribution is 0.790. The summed E-state index contributed by atoms with van der Waals surface area (Å²) in [5, 5.41) is 5.31. The van der Waals surface area contributed by atoms with Gasteiger partial charge in [-0.25, -0.2) is 0 Å². The molecular weight excluding hydrogens is 352 g/mol. The second-order valence-corrected chi connectivity index (χ2v) is 7.45. The summed E-state index contributed by atoms with van der Waals surface area (Å²) in [5.74, 6) is 0. The van der Waals surface area contributed by atoms with Gasteiger partial charge in [-0.1, -0.05) is 38.1 Å². The molecule has 0 N–H and O–H groups in total. The molecule has 3 heterocycles. The van der Waals surface area contributed by atoms with Crippen LogP contribution in [-0.4, -0.2) is 9.55 Å². The van der Waals surface area contributed by atoms with Crippen LogP contribution in [-0.2, 0) is 19.4 Å². The van der Waals surface area contributed by atoms with E-state index >= 15 is 0 Å². The molecule has 3 nitrogen and oxygen atoms in total. The van der Waals surface area contributed by atoms with Gasteiger partial charge in [-0.15, -0.1) is 0 Å². The quantitative estimate of drug-likeness (QED) is 0.475. The molecule has 3 aromatic heterocycles. The molecule has 4 rings (SSSR count). The Morgan fingerprint density at radius 1 is 0.963 bits per heavy atom. The van der Waals surface area contributed by atoms with E-state index < -0.39 is 0 Å². The fourth-order valence-corrected chi connectivity index (χ4v) is 4.11. The number of benzene rings is 1. The number of rotatable bonds is 5. The Bertz CT molecular complexity index is 1130. The molecule has 0 aliphatic carbocycles. The first-order chi connectivity index (χ1) is 13.2. The Morgan fingerprint density at radius 3 is 2.44 bits per heavy atom. The summed E-state index contributed by atoms with van der Waals surface area (Å²) in [6, 6.07) is 16.2. The number of hydrogen-bond acceptors (Lipinski definition) is 3. The zero-order valence-electron chi connectivity index (χ0n) is 15.6. The first-order valence-corrected chi connectivity index (χ1v) is 10.3. The molecular formula is C23H22N2OS. The molecule has 1 aromatic carbocycles. The van der Waals surface area contributed by atoms with Crippen molar-refractivity contribution in [1.29, 1.82) is 0 Å². The molecule has 0 saturated heterocycles. The van der Waals surface area contributed by atoms with Crippen molar-refractivity contribution >= 4 is 22.2 Å². The first kappa shape index (κ1) is 17.7. The third-order valence-corrected chi connectivity index (χ3v) is 5.65. The molecule has 0 aliphatic rings. The van der Waals surface area contributed by atoms with Crippen LogP contribution in [0.5, 0.6) is 0 Å². The van der Waals surface area contributed by atoms with Gasteiger partial charge in [0, 0.05) is 22.8 Å². The van der Waals surface area contributed by atoms with Gasteiger partial charge in [0.25, 0.3) is 5.56 Å². The van der Waals surface area contributed by atoms with Gasteiger partial charge >= 0.3 is 0 Å². The molecule has 0 spiro atoms. The second-order valence-electron chi connectivity index (χ2n) is 6.67. The van der Waals surface area contributed by atoms with Crippen LogP contribution in [0.25, 0.3) is 22.0 Å². The summed E-state index contributed by atoms with van der Waals surface area (Å²) in [7, 11) is 0. The normalized spacial score (nSPS) is 11.2. The standard InChI is InChI=1S/C23H22N2OS/c1-3-19-13-22-20(21(4-2)24-19)9-10-23(26)25(22)14-16-5-7-17(8-6-16)18-11-12-27-15-18/h5-13,15H,3-4,14H2,1-2H3. The molecule has 4 heteroatoms. The Kier molecular flexibility index (Phi) is 4.90. The third-order valence-electron chi connectivity index (χ3n) is 4.96. The van der Waals surface area contributed by atoms with Crippen molar-refractivity contribution in [3.8, 4) is 11.1 Å². The van der Waals surface area contributed by atoms with Crippen LogP contribution < -0.4 is 5.56 Å². The van der Waals surface area contributed by atoms with E-state index in [1.54, 1.807) is 17.4 Å². The summed E-state index contributed by atoms with van der Waals surface area (Å²) in [6.45, 7) is 4.78. The maximum Gasteiger partial charge on any atom is 0.251 e. The number of thiophene rings is 1. The van der Waals surface area contributed by atoms with E-state index in [2.05, 4.69) is 61.0 Å². The highest BCUT2D eigenvalue weighted by atomic mass is 32.1. The minimum Gasteiger partial charge on any atom is -0.304 e. The smallest absolute Gasteiger partial charge is 0.251 e. The van der Waals surface area contributed by atoms with E-state index in [0.717, 1.165) is 40.7 Å². The van der Waals surface area contributed by atoms with Crippen molar-refractivity contribution in [2.75, 3.05) is 0 Å². The lowest BCUT2D eigenvalue weighted by Gasteiger charge is -2.14. The van der Waals surface area contributed by atoms with Gasteiger partial charge in [-0.3, -0.25) is 9.78 Å². The minimum atomic E-state index is 0.0275. The molecule has 4 aromatic rings. The second kappa shape index (κ2) is 7.49. The van der Waals surface area contributed by atoms with Crippen molar-refractivity contribution in [1.82, 2.24) is 9.55 Å². The van der Waals surface area contributed by atoms with Crippen molar-refractivity contribution in [2.45, 2.75) is 33.2 Å². The number of pyridine rings is 2. The van der Waals surface area contributed by atoms with Gasteiger partial charge in [0.1, 0.15) is 0 Å². The van der Waals surface area contributed by atoms with E-state index in [-0.39, 0.29) is 5.56 Å². The summed E-state index contributed by atoms with van der Waals surface area (Å²) < 4.78 is 1.87. The van der Waals surface area contributed by atoms with Crippen molar-refractivity contribution in [3.63, 3.8) is 0 Å². The Labute approximate surface area is 163 Å². The van der Waals surface area contributed by atoms with E-state index in [9.17, 15) is 4.79 Å². The lowest BCUT2D eigenvalue weighted by atomic mass is 10.1. The number of fused-ring (bicyclic) bond motifs is 1. The Morgan fingerprint density at radius 2 is 1.78 bits per heavy atom. The molecule has 0 saturated carbocycles. The lowest BCUT2D eigenvalue weighted by Crippen LogP contribution is -2.20. The minimum absolute atomic E-state index is 0.0275. The van der Waals surface area contributed by atoms with Crippen LogP contribution >= 0.6 is 11.3 Å². The van der Waals surface area contributed by atoms with Crippen LogP contribution in [0, 0.1) is 0 Å². The zero-order valence-corrected chi connectivity index (χ0v) is 16.4. The largest absolute Gasteiger partial charge is 0.304 e. The van der Waals surface area contributed by atoms with Gasteiger partial charge in [0.15, 0.2) is 0 Å². The summed E-state index contributed by atoms with van der Waals surface area (Å²) in [5.41, 5.74) is 6.66. The zero-order chi connectivity index (χ0) is 18.8. The molecule has 0 fully saturated rings. The molecule has 0 aliphatic heterocycles. The average Bonchev–Trinajstić information content (AvgIpc) is 3.24. The van der Waals surface area contributed by atoms with Crippen molar-refractivity contribution in [2.24, 2.45) is 0 Å². The highest BCUT2D eigenvalue weighted by Gasteiger charge is 2.10. The average molecular weight is 375 g/mol. The molecule has 0 atom stereocenters. The van der Waals surface area contributed by atoms with Crippen LogP contribution in [0.2, 0.25) is 0 Å². The van der Waals surface area contributed by atoms with Gasteiger partial charge < -0.3 is 4.57 Å². The highest BCUT2D eigenvalue weighted by Crippen LogP contribution is 2.23. The monoisotopic (exact) mass is 374 g/mol.